The molecule has 0 bridgehead atoms. The van der Waals surface area contributed by atoms with Crippen molar-refractivity contribution in [2.45, 2.75) is 42.5 Å². The minimum atomic E-state index is 0.260. The summed E-state index contributed by atoms with van der Waals surface area (Å²) in [7, 11) is 0. The summed E-state index contributed by atoms with van der Waals surface area (Å²) in [6.45, 7) is 5.27. The summed E-state index contributed by atoms with van der Waals surface area (Å²) in [6.07, 6.45) is 1.56. The molecule has 0 radical (unpaired) electrons. The van der Waals surface area contributed by atoms with Crippen LogP contribution in [-0.2, 0) is 9.47 Å². The highest BCUT2D eigenvalue weighted by molar-refractivity contribution is 8.04. The molecule has 2 saturated heterocycles. The third kappa shape index (κ3) is 2.35. The van der Waals surface area contributed by atoms with E-state index in [1.54, 1.807) is 0 Å². The van der Waals surface area contributed by atoms with Gasteiger partial charge in [0, 0.05) is 11.9 Å². The summed E-state index contributed by atoms with van der Waals surface area (Å²) in [6, 6.07) is 0. The molecule has 0 aliphatic carbocycles. The van der Waals surface area contributed by atoms with Gasteiger partial charge in [-0.3, -0.25) is 0 Å². The minimum Gasteiger partial charge on any atom is -0.364 e. The average Bonchev–Trinajstić information content (AvgIpc) is 2.49. The zero-order valence-corrected chi connectivity index (χ0v) is 9.70. The fourth-order valence-corrected chi connectivity index (χ4v) is 3.98. The molecule has 2 fully saturated rings. The second kappa shape index (κ2) is 4.43. The molecule has 2 aliphatic rings. The van der Waals surface area contributed by atoms with Crippen LogP contribution >= 0.6 is 23.5 Å². The van der Waals surface area contributed by atoms with Crippen LogP contribution in [0.15, 0.2) is 0 Å². The third-order valence-electron chi connectivity index (χ3n) is 2.43. The lowest BCUT2D eigenvalue weighted by atomic mass is 10.3. The van der Waals surface area contributed by atoms with Gasteiger partial charge in [0.1, 0.15) is 10.9 Å². The van der Waals surface area contributed by atoms with E-state index >= 15 is 0 Å². The minimum absolute atomic E-state index is 0.260. The first-order valence-corrected chi connectivity index (χ1v) is 6.80. The number of thioether (sulfide) groups is 2. The van der Waals surface area contributed by atoms with Gasteiger partial charge < -0.3 is 9.47 Å². The van der Waals surface area contributed by atoms with Gasteiger partial charge in [-0.15, -0.1) is 23.5 Å². The summed E-state index contributed by atoms with van der Waals surface area (Å²) < 4.78 is 11.5. The van der Waals surface area contributed by atoms with Crippen molar-refractivity contribution < 1.29 is 9.47 Å². The molecule has 0 saturated carbocycles. The van der Waals surface area contributed by atoms with E-state index in [1.165, 1.54) is 12.2 Å². The second-order valence-corrected chi connectivity index (χ2v) is 6.20. The Morgan fingerprint density at radius 2 is 2.08 bits per heavy atom. The monoisotopic (exact) mass is 220 g/mol. The van der Waals surface area contributed by atoms with Crippen LogP contribution in [0.1, 0.15) is 20.3 Å². The van der Waals surface area contributed by atoms with Crippen LogP contribution in [0.25, 0.3) is 0 Å². The molecular formula is C9H16O2S2. The van der Waals surface area contributed by atoms with Crippen molar-refractivity contribution in [2.24, 2.45) is 0 Å². The van der Waals surface area contributed by atoms with Gasteiger partial charge >= 0.3 is 0 Å². The van der Waals surface area contributed by atoms with Crippen molar-refractivity contribution in [1.82, 2.24) is 0 Å². The molecule has 2 aliphatic heterocycles. The van der Waals surface area contributed by atoms with Gasteiger partial charge in [-0.1, -0.05) is 6.92 Å². The average molecular weight is 220 g/mol. The van der Waals surface area contributed by atoms with Gasteiger partial charge in [-0.05, 0) is 19.1 Å². The van der Waals surface area contributed by atoms with Crippen molar-refractivity contribution in [3.05, 3.63) is 0 Å². The Kier molecular flexibility index (Phi) is 3.46. The fourth-order valence-electron chi connectivity index (χ4n) is 1.47. The first-order valence-electron chi connectivity index (χ1n) is 4.81. The topological polar surface area (TPSA) is 18.5 Å². The SMILES string of the molecule is CC1OC(C2OCCCS2)SC1C. The molecular weight excluding hydrogens is 204 g/mol. The number of hydrogen-bond donors (Lipinski definition) is 0. The summed E-state index contributed by atoms with van der Waals surface area (Å²) in [5.74, 6) is 1.22. The van der Waals surface area contributed by atoms with Crippen molar-refractivity contribution in [1.29, 1.82) is 0 Å². The lowest BCUT2D eigenvalue weighted by Gasteiger charge is -2.26. The molecule has 2 heterocycles. The van der Waals surface area contributed by atoms with E-state index in [0.29, 0.717) is 11.4 Å². The Morgan fingerprint density at radius 3 is 2.62 bits per heavy atom. The van der Waals surface area contributed by atoms with Gasteiger partial charge in [0.05, 0.1) is 6.10 Å². The molecule has 0 aromatic rings. The predicted molar refractivity (Wildman–Crippen MR) is 58.2 cm³/mol. The Labute approximate surface area is 88.1 Å². The standard InChI is InChI=1S/C9H16O2S2/c1-6-7(2)13-9(11-6)8-10-4-3-5-12-8/h6-9H,3-5H2,1-2H3. The van der Waals surface area contributed by atoms with Gasteiger partial charge in [-0.25, -0.2) is 0 Å². The van der Waals surface area contributed by atoms with Crippen LogP contribution in [-0.4, -0.2) is 34.6 Å². The highest BCUT2D eigenvalue weighted by atomic mass is 32.2. The highest BCUT2D eigenvalue weighted by Gasteiger charge is 2.36. The lowest BCUT2D eigenvalue weighted by Crippen LogP contribution is -2.28. The number of hydrogen-bond acceptors (Lipinski definition) is 4. The molecule has 0 aromatic carbocycles. The third-order valence-corrected chi connectivity index (χ3v) is 5.28. The largest absolute Gasteiger partial charge is 0.364 e. The van der Waals surface area contributed by atoms with Crippen LogP contribution < -0.4 is 0 Å². The van der Waals surface area contributed by atoms with Crippen LogP contribution in [0.4, 0.5) is 0 Å². The smallest absolute Gasteiger partial charge is 0.139 e. The van der Waals surface area contributed by atoms with Crippen molar-refractivity contribution in [3.63, 3.8) is 0 Å². The van der Waals surface area contributed by atoms with Crippen molar-refractivity contribution in [2.75, 3.05) is 12.4 Å². The second-order valence-electron chi connectivity index (χ2n) is 3.51. The van der Waals surface area contributed by atoms with Gasteiger partial charge in [0.25, 0.3) is 0 Å². The summed E-state index contributed by atoms with van der Waals surface area (Å²) >= 11 is 3.81. The predicted octanol–water partition coefficient (Wildman–Crippen LogP) is 2.33. The first kappa shape index (κ1) is 10.1. The molecule has 4 unspecified atom stereocenters. The summed E-state index contributed by atoms with van der Waals surface area (Å²) in [4.78, 5) is 0. The zero-order valence-electron chi connectivity index (χ0n) is 8.06. The maximum atomic E-state index is 5.83. The highest BCUT2D eigenvalue weighted by Crippen LogP contribution is 2.39. The Balaban J connectivity index is 1.87. The fraction of sp³-hybridized carbons (Fsp3) is 1.00. The summed E-state index contributed by atoms with van der Waals surface area (Å²) in [5, 5.41) is 0.608. The molecule has 4 heteroatoms. The molecule has 0 aromatic heterocycles. The van der Waals surface area contributed by atoms with E-state index in [-0.39, 0.29) is 10.9 Å². The first-order chi connectivity index (χ1) is 6.27. The Bertz CT molecular complexity index is 161. The maximum absolute atomic E-state index is 5.83. The van der Waals surface area contributed by atoms with E-state index < -0.39 is 0 Å². The maximum Gasteiger partial charge on any atom is 0.139 e. The van der Waals surface area contributed by atoms with Gasteiger partial charge in [0.2, 0.25) is 0 Å². The van der Waals surface area contributed by atoms with E-state index in [2.05, 4.69) is 13.8 Å². The van der Waals surface area contributed by atoms with E-state index in [1.807, 2.05) is 23.5 Å². The van der Waals surface area contributed by atoms with Crippen molar-refractivity contribution in [3.8, 4) is 0 Å². The molecule has 76 valence electrons. The van der Waals surface area contributed by atoms with E-state index in [4.69, 9.17) is 9.47 Å². The summed E-state index contributed by atoms with van der Waals surface area (Å²) in [5.41, 5.74) is 0.529. The van der Waals surface area contributed by atoms with Crippen LogP contribution in [0.2, 0.25) is 0 Å². The van der Waals surface area contributed by atoms with Crippen LogP contribution in [0.5, 0.6) is 0 Å². The number of rotatable bonds is 1. The molecule has 4 atom stereocenters. The molecule has 0 amide bonds. The van der Waals surface area contributed by atoms with E-state index in [9.17, 15) is 0 Å². The molecule has 13 heavy (non-hydrogen) atoms. The lowest BCUT2D eigenvalue weighted by molar-refractivity contribution is -0.0100. The molecule has 0 spiro atoms. The normalized spacial score (nSPS) is 46.6. The molecule has 0 N–H and O–H groups in total. The van der Waals surface area contributed by atoms with Crippen LogP contribution in [0.3, 0.4) is 0 Å². The zero-order chi connectivity index (χ0) is 9.26. The van der Waals surface area contributed by atoms with Gasteiger partial charge in [0.15, 0.2) is 0 Å². The molecule has 2 nitrogen and oxygen atoms in total. The Hall–Kier alpha value is 0.620. The number of ether oxygens (including phenoxy) is 2. The van der Waals surface area contributed by atoms with Gasteiger partial charge in [-0.2, -0.15) is 0 Å². The van der Waals surface area contributed by atoms with Crippen molar-refractivity contribution >= 4 is 23.5 Å². The molecule has 2 rings (SSSR count). The van der Waals surface area contributed by atoms with E-state index in [0.717, 1.165) is 6.61 Å². The Morgan fingerprint density at radius 1 is 1.23 bits per heavy atom. The quantitative estimate of drug-likeness (QED) is 0.675. The van der Waals surface area contributed by atoms with Crippen LogP contribution in [0, 0.1) is 0 Å².